The number of nitrogens with two attached hydrogens (primary N) is 1. The molecule has 0 bridgehead atoms. The number of primary amides is 1. The molecule has 2 rings (SSSR count). The van der Waals surface area contributed by atoms with Gasteiger partial charge in [0, 0.05) is 13.0 Å². The van der Waals surface area contributed by atoms with E-state index in [-0.39, 0.29) is 12.0 Å². The Morgan fingerprint density at radius 2 is 2.13 bits per heavy atom. The molecule has 0 aliphatic carbocycles. The molecular formula is C17H24N2O4. The Balaban J connectivity index is 1.57. The molecule has 0 spiro atoms. The van der Waals surface area contributed by atoms with Gasteiger partial charge in [-0.15, -0.1) is 0 Å². The van der Waals surface area contributed by atoms with Crippen LogP contribution in [0.1, 0.15) is 31.2 Å². The molecule has 2 atom stereocenters. The first-order chi connectivity index (χ1) is 11.1. The van der Waals surface area contributed by atoms with Crippen LogP contribution in [0, 0.1) is 6.92 Å². The molecule has 2 amide bonds. The minimum Gasteiger partial charge on any atom is -0.493 e. The maximum atomic E-state index is 11.8. The summed E-state index contributed by atoms with van der Waals surface area (Å²) >= 11 is 0. The zero-order chi connectivity index (χ0) is 16.7. The normalized spacial score (nSPS) is 20.2. The molecule has 6 heteroatoms. The molecule has 126 valence electrons. The molecule has 23 heavy (non-hydrogen) atoms. The zero-order valence-corrected chi connectivity index (χ0v) is 13.4. The Morgan fingerprint density at radius 3 is 2.83 bits per heavy atom. The fourth-order valence-electron chi connectivity index (χ4n) is 2.51. The van der Waals surface area contributed by atoms with E-state index in [2.05, 4.69) is 5.32 Å². The van der Waals surface area contributed by atoms with Crippen LogP contribution in [-0.2, 0) is 14.3 Å². The third kappa shape index (κ3) is 5.56. The number of carbonyl (C=O) groups excluding carboxylic acids is 2. The summed E-state index contributed by atoms with van der Waals surface area (Å²) in [5.74, 6) is 0.376. The van der Waals surface area contributed by atoms with Gasteiger partial charge in [-0.3, -0.25) is 9.59 Å². The van der Waals surface area contributed by atoms with Gasteiger partial charge in [0.1, 0.15) is 11.9 Å². The van der Waals surface area contributed by atoms with Gasteiger partial charge in [-0.25, -0.2) is 0 Å². The van der Waals surface area contributed by atoms with Crippen LogP contribution in [0.25, 0.3) is 0 Å². The molecule has 1 aliphatic heterocycles. The van der Waals surface area contributed by atoms with E-state index in [1.165, 1.54) is 0 Å². The molecule has 1 saturated heterocycles. The third-order valence-electron chi connectivity index (χ3n) is 3.85. The summed E-state index contributed by atoms with van der Waals surface area (Å²) in [5, 5.41) is 2.82. The Morgan fingerprint density at radius 1 is 1.35 bits per heavy atom. The van der Waals surface area contributed by atoms with Crippen LogP contribution < -0.4 is 15.8 Å². The SMILES string of the molecule is Cc1ccccc1OCCCC(=O)NC[C@@H]1CC[C@@H](C(N)=O)O1. The Kier molecular flexibility index (Phi) is 6.40. The first kappa shape index (κ1) is 17.3. The Labute approximate surface area is 136 Å². The molecule has 1 aromatic carbocycles. The second-order valence-corrected chi connectivity index (χ2v) is 5.75. The van der Waals surface area contributed by atoms with E-state index >= 15 is 0 Å². The third-order valence-corrected chi connectivity index (χ3v) is 3.85. The molecule has 3 N–H and O–H groups in total. The molecule has 1 fully saturated rings. The van der Waals surface area contributed by atoms with E-state index < -0.39 is 12.0 Å². The Hall–Kier alpha value is -2.08. The van der Waals surface area contributed by atoms with E-state index in [4.69, 9.17) is 15.2 Å². The van der Waals surface area contributed by atoms with Crippen molar-refractivity contribution in [2.75, 3.05) is 13.2 Å². The maximum absolute atomic E-state index is 11.8. The largest absolute Gasteiger partial charge is 0.493 e. The lowest BCUT2D eigenvalue weighted by Gasteiger charge is -2.13. The number of rotatable bonds is 8. The zero-order valence-electron chi connectivity index (χ0n) is 13.4. The van der Waals surface area contributed by atoms with Crippen molar-refractivity contribution in [2.24, 2.45) is 5.73 Å². The number of hydrogen-bond donors (Lipinski definition) is 2. The van der Waals surface area contributed by atoms with Crippen molar-refractivity contribution in [1.82, 2.24) is 5.32 Å². The van der Waals surface area contributed by atoms with E-state index in [0.29, 0.717) is 32.4 Å². The quantitative estimate of drug-likeness (QED) is 0.707. The lowest BCUT2D eigenvalue weighted by Crippen LogP contribution is -2.34. The number of benzene rings is 1. The maximum Gasteiger partial charge on any atom is 0.246 e. The monoisotopic (exact) mass is 320 g/mol. The lowest BCUT2D eigenvalue weighted by molar-refractivity contribution is -0.128. The van der Waals surface area contributed by atoms with Crippen LogP contribution in [0.4, 0.5) is 0 Å². The first-order valence-corrected chi connectivity index (χ1v) is 7.96. The van der Waals surface area contributed by atoms with Crippen molar-refractivity contribution >= 4 is 11.8 Å². The summed E-state index contributed by atoms with van der Waals surface area (Å²) in [6.45, 7) is 2.91. The smallest absolute Gasteiger partial charge is 0.246 e. The van der Waals surface area contributed by atoms with E-state index in [9.17, 15) is 9.59 Å². The summed E-state index contributed by atoms with van der Waals surface area (Å²) in [6.07, 6.45) is 1.77. The van der Waals surface area contributed by atoms with Crippen LogP contribution in [-0.4, -0.2) is 37.2 Å². The van der Waals surface area contributed by atoms with Gasteiger partial charge in [0.2, 0.25) is 11.8 Å². The van der Waals surface area contributed by atoms with E-state index in [1.54, 1.807) is 0 Å². The Bertz CT molecular complexity index is 547. The molecule has 0 aromatic heterocycles. The van der Waals surface area contributed by atoms with Gasteiger partial charge in [-0.1, -0.05) is 18.2 Å². The molecule has 1 aromatic rings. The summed E-state index contributed by atoms with van der Waals surface area (Å²) in [5.41, 5.74) is 6.27. The fraction of sp³-hybridized carbons (Fsp3) is 0.529. The standard InChI is InChI=1S/C17H24N2O4/c1-12-5-2-3-6-14(12)22-10-4-7-16(20)19-11-13-8-9-15(23-13)17(18)21/h2-3,5-6,13,15H,4,7-11H2,1H3,(H2,18,21)(H,19,20)/t13-,15-/m0/s1. The predicted molar refractivity (Wildman–Crippen MR) is 86.0 cm³/mol. The van der Waals surface area contributed by atoms with Crippen molar-refractivity contribution in [3.05, 3.63) is 29.8 Å². The summed E-state index contributed by atoms with van der Waals surface area (Å²) in [6, 6.07) is 7.80. The second-order valence-electron chi connectivity index (χ2n) is 5.75. The van der Waals surface area contributed by atoms with E-state index in [1.807, 2.05) is 31.2 Å². The fourth-order valence-corrected chi connectivity index (χ4v) is 2.51. The van der Waals surface area contributed by atoms with Crippen LogP contribution >= 0.6 is 0 Å². The number of amides is 2. The minimum absolute atomic E-state index is 0.0375. The van der Waals surface area contributed by atoms with Crippen LogP contribution in [0.2, 0.25) is 0 Å². The second kappa shape index (κ2) is 8.53. The molecule has 6 nitrogen and oxygen atoms in total. The van der Waals surface area contributed by atoms with Gasteiger partial charge in [0.15, 0.2) is 0 Å². The van der Waals surface area contributed by atoms with Crippen LogP contribution in [0.5, 0.6) is 5.75 Å². The van der Waals surface area contributed by atoms with Crippen molar-refractivity contribution in [3.63, 3.8) is 0 Å². The van der Waals surface area contributed by atoms with Crippen LogP contribution in [0.15, 0.2) is 24.3 Å². The molecule has 1 heterocycles. The van der Waals surface area contributed by atoms with Crippen molar-refractivity contribution in [1.29, 1.82) is 0 Å². The highest BCUT2D eigenvalue weighted by molar-refractivity contribution is 5.79. The van der Waals surface area contributed by atoms with Gasteiger partial charge < -0.3 is 20.5 Å². The van der Waals surface area contributed by atoms with Crippen molar-refractivity contribution < 1.29 is 19.1 Å². The summed E-state index contributed by atoms with van der Waals surface area (Å²) in [7, 11) is 0. The van der Waals surface area contributed by atoms with Gasteiger partial charge in [0.05, 0.1) is 12.7 Å². The van der Waals surface area contributed by atoms with Gasteiger partial charge in [-0.05, 0) is 37.8 Å². The summed E-state index contributed by atoms with van der Waals surface area (Å²) in [4.78, 5) is 22.8. The number of carbonyl (C=O) groups is 2. The lowest BCUT2D eigenvalue weighted by atomic mass is 10.2. The van der Waals surface area contributed by atoms with Gasteiger partial charge in [-0.2, -0.15) is 0 Å². The average Bonchev–Trinajstić information content (AvgIpc) is 3.00. The highest BCUT2D eigenvalue weighted by atomic mass is 16.5. The number of ether oxygens (including phenoxy) is 2. The molecule has 1 aliphatic rings. The first-order valence-electron chi connectivity index (χ1n) is 7.96. The number of aryl methyl sites for hydroxylation is 1. The molecule has 0 unspecified atom stereocenters. The predicted octanol–water partition coefficient (Wildman–Crippen LogP) is 1.30. The summed E-state index contributed by atoms with van der Waals surface area (Å²) < 4.78 is 11.1. The highest BCUT2D eigenvalue weighted by Gasteiger charge is 2.29. The van der Waals surface area contributed by atoms with E-state index in [0.717, 1.165) is 17.7 Å². The molecule has 0 saturated carbocycles. The average molecular weight is 320 g/mol. The van der Waals surface area contributed by atoms with Crippen LogP contribution in [0.3, 0.4) is 0 Å². The number of hydrogen-bond acceptors (Lipinski definition) is 4. The number of nitrogens with one attached hydrogen (secondary N) is 1. The minimum atomic E-state index is -0.514. The number of para-hydroxylation sites is 1. The van der Waals surface area contributed by atoms with Crippen molar-refractivity contribution in [3.8, 4) is 5.75 Å². The van der Waals surface area contributed by atoms with Gasteiger partial charge >= 0.3 is 0 Å². The van der Waals surface area contributed by atoms with Crippen molar-refractivity contribution in [2.45, 2.75) is 44.8 Å². The molecular weight excluding hydrogens is 296 g/mol. The molecule has 0 radical (unpaired) electrons. The topological polar surface area (TPSA) is 90.6 Å². The highest BCUT2D eigenvalue weighted by Crippen LogP contribution is 2.19. The van der Waals surface area contributed by atoms with Gasteiger partial charge in [0.25, 0.3) is 0 Å².